The van der Waals surface area contributed by atoms with E-state index in [2.05, 4.69) is 20.8 Å². The Bertz CT molecular complexity index is 671. The van der Waals surface area contributed by atoms with Crippen molar-refractivity contribution in [3.8, 4) is 11.4 Å². The van der Waals surface area contributed by atoms with Crippen molar-refractivity contribution < 1.29 is 0 Å². The van der Waals surface area contributed by atoms with E-state index in [1.54, 1.807) is 12.1 Å². The molecule has 0 amide bonds. The minimum atomic E-state index is -0.344. The van der Waals surface area contributed by atoms with Crippen LogP contribution in [0.25, 0.3) is 11.4 Å². The van der Waals surface area contributed by atoms with Crippen LogP contribution in [0.4, 0.5) is 5.95 Å². The molecule has 21 heavy (non-hydrogen) atoms. The lowest BCUT2D eigenvalue weighted by Gasteiger charge is -2.12. The van der Waals surface area contributed by atoms with E-state index in [4.69, 9.17) is 11.6 Å². The van der Waals surface area contributed by atoms with Gasteiger partial charge in [-0.05, 0) is 25.5 Å². The van der Waals surface area contributed by atoms with Crippen LogP contribution in [-0.4, -0.2) is 21.1 Å². The monoisotopic (exact) mass is 307 g/mol. The van der Waals surface area contributed by atoms with E-state index in [-0.39, 0.29) is 11.6 Å². The molecule has 0 fully saturated rings. The van der Waals surface area contributed by atoms with Crippen molar-refractivity contribution in [1.29, 1.82) is 0 Å². The summed E-state index contributed by atoms with van der Waals surface area (Å²) in [7, 11) is 0. The summed E-state index contributed by atoms with van der Waals surface area (Å²) >= 11 is 6.01. The second kappa shape index (κ2) is 7.19. The summed E-state index contributed by atoms with van der Waals surface area (Å²) in [5.41, 5.74) is 6.24. The number of hydrazine groups is 1. The average molecular weight is 308 g/mol. The van der Waals surface area contributed by atoms with Crippen LogP contribution < -0.4 is 16.5 Å². The van der Waals surface area contributed by atoms with Crippen LogP contribution in [0.3, 0.4) is 0 Å². The molecule has 0 aliphatic heterocycles. The van der Waals surface area contributed by atoms with Crippen LogP contribution in [0.2, 0.25) is 5.02 Å². The van der Waals surface area contributed by atoms with Gasteiger partial charge < -0.3 is 0 Å². The Morgan fingerprint density at radius 3 is 2.76 bits per heavy atom. The lowest BCUT2D eigenvalue weighted by molar-refractivity contribution is 0.677. The number of anilines is 1. The molecule has 0 unspecified atom stereocenters. The predicted octanol–water partition coefficient (Wildman–Crippen LogP) is 2.31. The summed E-state index contributed by atoms with van der Waals surface area (Å²) < 4.78 is 1.51. The first kappa shape index (κ1) is 15.5. The van der Waals surface area contributed by atoms with Crippen molar-refractivity contribution in [2.45, 2.75) is 26.8 Å². The molecule has 112 valence electrons. The summed E-state index contributed by atoms with van der Waals surface area (Å²) in [6.07, 6.45) is 0.959. The lowest BCUT2D eigenvalue weighted by atomic mass is 10.2. The Morgan fingerprint density at radius 1 is 1.29 bits per heavy atom. The molecule has 1 heterocycles. The maximum atomic E-state index is 12.1. The molecule has 0 aliphatic rings. The minimum Gasteiger partial charge on any atom is -0.289 e. The first-order valence-corrected chi connectivity index (χ1v) is 7.27. The smallest absolute Gasteiger partial charge is 0.289 e. The van der Waals surface area contributed by atoms with E-state index in [9.17, 15) is 4.79 Å². The molecular weight excluding hydrogens is 290 g/mol. The maximum Gasteiger partial charge on any atom is 0.352 e. The third-order valence-corrected chi connectivity index (χ3v) is 3.11. The lowest BCUT2D eigenvalue weighted by Crippen LogP contribution is -2.30. The number of nitrogens with zero attached hydrogens (tertiary/aromatic N) is 3. The van der Waals surface area contributed by atoms with Gasteiger partial charge in [0.2, 0.25) is 5.95 Å². The van der Waals surface area contributed by atoms with Crippen LogP contribution in [0.15, 0.2) is 29.1 Å². The first-order chi connectivity index (χ1) is 10.2. The van der Waals surface area contributed by atoms with E-state index in [1.165, 1.54) is 4.57 Å². The second-order valence-corrected chi connectivity index (χ2v) is 4.90. The van der Waals surface area contributed by atoms with Gasteiger partial charge in [-0.1, -0.05) is 30.7 Å². The quantitative estimate of drug-likeness (QED) is 0.633. The van der Waals surface area contributed by atoms with Gasteiger partial charge in [0.25, 0.3) is 0 Å². The summed E-state index contributed by atoms with van der Waals surface area (Å²) in [5, 5.41) is 0.597. The number of nitrogens with one attached hydrogen (secondary N) is 2. The molecule has 6 nitrogen and oxygen atoms in total. The van der Waals surface area contributed by atoms with E-state index >= 15 is 0 Å². The largest absolute Gasteiger partial charge is 0.352 e. The molecular formula is C14H18ClN5O. The van der Waals surface area contributed by atoms with Crippen molar-refractivity contribution in [2.24, 2.45) is 0 Å². The van der Waals surface area contributed by atoms with E-state index in [0.717, 1.165) is 18.5 Å². The highest BCUT2D eigenvalue weighted by Crippen LogP contribution is 2.20. The highest BCUT2D eigenvalue weighted by molar-refractivity contribution is 6.30. The summed E-state index contributed by atoms with van der Waals surface area (Å²) in [4.78, 5) is 20.4. The molecule has 2 N–H and O–H groups in total. The average Bonchev–Trinajstić information content (AvgIpc) is 2.47. The zero-order valence-corrected chi connectivity index (χ0v) is 12.8. The molecule has 7 heteroatoms. The van der Waals surface area contributed by atoms with Gasteiger partial charge in [-0.2, -0.15) is 9.97 Å². The maximum absolute atomic E-state index is 12.1. The van der Waals surface area contributed by atoms with Gasteiger partial charge in [0.05, 0.1) is 0 Å². The fourth-order valence-electron chi connectivity index (χ4n) is 1.88. The van der Waals surface area contributed by atoms with Crippen LogP contribution in [0, 0.1) is 0 Å². The van der Waals surface area contributed by atoms with Crippen LogP contribution >= 0.6 is 11.6 Å². The third-order valence-electron chi connectivity index (χ3n) is 2.87. The van der Waals surface area contributed by atoms with Crippen molar-refractivity contribution in [3.05, 3.63) is 39.8 Å². The molecule has 0 spiro atoms. The summed E-state index contributed by atoms with van der Waals surface area (Å²) in [6.45, 7) is 5.17. The minimum absolute atomic E-state index is 0.258. The van der Waals surface area contributed by atoms with E-state index in [1.807, 2.05) is 26.0 Å². The van der Waals surface area contributed by atoms with Crippen LogP contribution in [0.5, 0.6) is 0 Å². The molecule has 1 aromatic carbocycles. The van der Waals surface area contributed by atoms with Crippen LogP contribution in [-0.2, 0) is 6.54 Å². The van der Waals surface area contributed by atoms with Crippen LogP contribution in [0.1, 0.15) is 20.3 Å². The van der Waals surface area contributed by atoms with Crippen molar-refractivity contribution in [3.63, 3.8) is 0 Å². The number of hydrogen-bond donors (Lipinski definition) is 2. The predicted molar refractivity (Wildman–Crippen MR) is 84.3 cm³/mol. The summed E-state index contributed by atoms with van der Waals surface area (Å²) in [5.74, 6) is 0.800. The third kappa shape index (κ3) is 3.80. The fraction of sp³-hybridized carbons (Fsp3) is 0.357. The number of halogens is 1. The molecule has 0 radical (unpaired) electrons. The van der Waals surface area contributed by atoms with Gasteiger partial charge in [-0.25, -0.2) is 10.2 Å². The van der Waals surface area contributed by atoms with Crippen molar-refractivity contribution >= 4 is 17.5 Å². The van der Waals surface area contributed by atoms with E-state index < -0.39 is 0 Å². The number of hydrogen-bond acceptors (Lipinski definition) is 5. The molecule has 0 aliphatic carbocycles. The van der Waals surface area contributed by atoms with Gasteiger partial charge in [-0.15, -0.1) is 0 Å². The number of aromatic nitrogens is 3. The Labute approximate surface area is 128 Å². The van der Waals surface area contributed by atoms with Gasteiger partial charge >= 0.3 is 5.69 Å². The molecule has 0 saturated carbocycles. The van der Waals surface area contributed by atoms with Gasteiger partial charge in [-0.3, -0.25) is 9.99 Å². The highest BCUT2D eigenvalue weighted by Gasteiger charge is 2.11. The van der Waals surface area contributed by atoms with Gasteiger partial charge in [0.1, 0.15) is 5.82 Å². The second-order valence-electron chi connectivity index (χ2n) is 4.46. The Morgan fingerprint density at radius 2 is 2.10 bits per heavy atom. The Hall–Kier alpha value is -1.92. The zero-order chi connectivity index (χ0) is 15.2. The fourth-order valence-corrected chi connectivity index (χ4v) is 2.07. The normalized spacial score (nSPS) is 10.6. The molecule has 2 rings (SSSR count). The Balaban J connectivity index is 2.44. The molecule has 2 aromatic rings. The standard InChI is InChI=1S/C14H18ClN5O/c1-3-8-16-19-13-17-12(20(4-2)14(21)18-13)10-6-5-7-11(15)9-10/h5-7,9,16H,3-4,8H2,1-2H3,(H,18,19,21). The molecule has 0 atom stereocenters. The summed E-state index contributed by atoms with van der Waals surface area (Å²) in [6, 6.07) is 7.25. The zero-order valence-electron chi connectivity index (χ0n) is 12.1. The topological polar surface area (TPSA) is 71.8 Å². The number of benzene rings is 1. The molecule has 0 saturated heterocycles. The van der Waals surface area contributed by atoms with Gasteiger partial charge in [0.15, 0.2) is 0 Å². The van der Waals surface area contributed by atoms with Crippen molar-refractivity contribution in [2.75, 3.05) is 12.0 Å². The van der Waals surface area contributed by atoms with Crippen molar-refractivity contribution in [1.82, 2.24) is 20.0 Å². The number of rotatable bonds is 6. The van der Waals surface area contributed by atoms with E-state index in [0.29, 0.717) is 17.4 Å². The molecule has 1 aromatic heterocycles. The SMILES string of the molecule is CCCNNc1nc(-c2cccc(Cl)c2)n(CC)c(=O)n1. The Kier molecular flexibility index (Phi) is 5.30. The first-order valence-electron chi connectivity index (χ1n) is 6.89. The van der Waals surface area contributed by atoms with Gasteiger partial charge in [0, 0.05) is 23.7 Å². The molecule has 0 bridgehead atoms. The highest BCUT2D eigenvalue weighted by atomic mass is 35.5.